The van der Waals surface area contributed by atoms with Crippen molar-refractivity contribution in [3.05, 3.63) is 58.7 Å². The minimum atomic E-state index is 0.482. The summed E-state index contributed by atoms with van der Waals surface area (Å²) in [6.07, 6.45) is 7.80. The van der Waals surface area contributed by atoms with E-state index in [0.717, 1.165) is 6.42 Å². The van der Waals surface area contributed by atoms with Crippen molar-refractivity contribution in [2.45, 2.75) is 47.0 Å². The van der Waals surface area contributed by atoms with Gasteiger partial charge in [-0.2, -0.15) is 0 Å². The SMILES string of the molecule is CC/C(C)=C\C=C/C(C)c1cccc(C)c1C. The highest BCUT2D eigenvalue weighted by Gasteiger charge is 2.05. The summed E-state index contributed by atoms with van der Waals surface area (Å²) >= 11 is 0. The average molecular weight is 228 g/mol. The first kappa shape index (κ1) is 13.8. The van der Waals surface area contributed by atoms with Gasteiger partial charge in [0.1, 0.15) is 0 Å². The van der Waals surface area contributed by atoms with Gasteiger partial charge in [0.2, 0.25) is 0 Å². The lowest BCUT2D eigenvalue weighted by Gasteiger charge is -2.12. The zero-order chi connectivity index (χ0) is 12.8. The highest BCUT2D eigenvalue weighted by Crippen LogP contribution is 2.23. The second kappa shape index (κ2) is 6.44. The molecular formula is C17H24. The van der Waals surface area contributed by atoms with Gasteiger partial charge in [0.25, 0.3) is 0 Å². The Balaban J connectivity index is 2.83. The van der Waals surface area contributed by atoms with Crippen LogP contribution in [0.2, 0.25) is 0 Å². The van der Waals surface area contributed by atoms with Crippen LogP contribution in [0.4, 0.5) is 0 Å². The van der Waals surface area contributed by atoms with Crippen molar-refractivity contribution in [1.29, 1.82) is 0 Å². The molecule has 0 radical (unpaired) electrons. The van der Waals surface area contributed by atoms with Crippen LogP contribution in [0.15, 0.2) is 42.0 Å². The van der Waals surface area contributed by atoms with Crippen LogP contribution < -0.4 is 0 Å². The van der Waals surface area contributed by atoms with Crippen molar-refractivity contribution < 1.29 is 0 Å². The first-order chi connectivity index (χ1) is 8.06. The quantitative estimate of drug-likeness (QED) is 0.612. The maximum Gasteiger partial charge on any atom is -0.000460 e. The van der Waals surface area contributed by atoms with Gasteiger partial charge < -0.3 is 0 Å². The smallest absolute Gasteiger partial charge is 0.000460 e. The van der Waals surface area contributed by atoms with Crippen LogP contribution in [-0.4, -0.2) is 0 Å². The van der Waals surface area contributed by atoms with Gasteiger partial charge in [-0.15, -0.1) is 0 Å². The Kier molecular flexibility index (Phi) is 5.21. The van der Waals surface area contributed by atoms with Crippen molar-refractivity contribution in [1.82, 2.24) is 0 Å². The first-order valence-electron chi connectivity index (χ1n) is 6.46. The fourth-order valence-corrected chi connectivity index (χ4v) is 1.88. The van der Waals surface area contributed by atoms with Gasteiger partial charge in [-0.3, -0.25) is 0 Å². The molecular weight excluding hydrogens is 204 g/mol. The fraction of sp³-hybridized carbons (Fsp3) is 0.412. The molecule has 0 heterocycles. The van der Waals surface area contributed by atoms with Gasteiger partial charge in [-0.05, 0) is 49.8 Å². The number of hydrogen-bond donors (Lipinski definition) is 0. The van der Waals surface area contributed by atoms with Crippen LogP contribution in [0.5, 0.6) is 0 Å². The largest absolute Gasteiger partial charge is 0.0773 e. The molecule has 92 valence electrons. The van der Waals surface area contributed by atoms with Crippen LogP contribution in [-0.2, 0) is 0 Å². The van der Waals surface area contributed by atoms with Crippen molar-refractivity contribution in [2.24, 2.45) is 0 Å². The van der Waals surface area contributed by atoms with Crippen LogP contribution in [0, 0.1) is 13.8 Å². The van der Waals surface area contributed by atoms with Gasteiger partial charge in [-0.1, -0.05) is 55.8 Å². The van der Waals surface area contributed by atoms with Crippen LogP contribution in [0.25, 0.3) is 0 Å². The molecule has 0 saturated carbocycles. The molecule has 0 aromatic heterocycles. The third-order valence-electron chi connectivity index (χ3n) is 3.48. The minimum absolute atomic E-state index is 0.482. The molecule has 0 aliphatic heterocycles. The number of hydrogen-bond acceptors (Lipinski definition) is 0. The lowest BCUT2D eigenvalue weighted by molar-refractivity contribution is 0.946. The van der Waals surface area contributed by atoms with Crippen LogP contribution >= 0.6 is 0 Å². The van der Waals surface area contributed by atoms with Crippen molar-refractivity contribution in [3.8, 4) is 0 Å². The topological polar surface area (TPSA) is 0 Å². The summed E-state index contributed by atoms with van der Waals surface area (Å²) in [4.78, 5) is 0. The average Bonchev–Trinajstić information content (AvgIpc) is 2.32. The summed E-state index contributed by atoms with van der Waals surface area (Å²) in [6.45, 7) is 11.0. The molecule has 0 N–H and O–H groups in total. The molecule has 1 aromatic rings. The maximum atomic E-state index is 2.28. The van der Waals surface area contributed by atoms with Crippen molar-refractivity contribution >= 4 is 0 Å². The Bertz CT molecular complexity index is 422. The summed E-state index contributed by atoms with van der Waals surface area (Å²) in [6, 6.07) is 6.55. The van der Waals surface area contributed by atoms with E-state index in [4.69, 9.17) is 0 Å². The van der Waals surface area contributed by atoms with E-state index in [1.807, 2.05) is 0 Å². The van der Waals surface area contributed by atoms with Crippen molar-refractivity contribution in [2.75, 3.05) is 0 Å². The summed E-state index contributed by atoms with van der Waals surface area (Å²) in [5, 5.41) is 0. The van der Waals surface area contributed by atoms with E-state index in [2.05, 4.69) is 71.0 Å². The molecule has 17 heavy (non-hydrogen) atoms. The van der Waals surface area contributed by atoms with Crippen molar-refractivity contribution in [3.63, 3.8) is 0 Å². The second-order valence-electron chi connectivity index (χ2n) is 4.83. The van der Waals surface area contributed by atoms with Gasteiger partial charge in [0, 0.05) is 0 Å². The molecule has 1 aromatic carbocycles. The van der Waals surface area contributed by atoms with Gasteiger partial charge >= 0.3 is 0 Å². The van der Waals surface area contributed by atoms with E-state index in [-0.39, 0.29) is 0 Å². The highest BCUT2D eigenvalue weighted by atomic mass is 14.1. The third-order valence-corrected chi connectivity index (χ3v) is 3.48. The number of aryl methyl sites for hydroxylation is 1. The molecule has 0 nitrogen and oxygen atoms in total. The number of allylic oxidation sites excluding steroid dienone is 4. The minimum Gasteiger partial charge on any atom is -0.0773 e. The summed E-state index contributed by atoms with van der Waals surface area (Å²) < 4.78 is 0. The molecule has 1 rings (SSSR count). The predicted octanol–water partition coefficient (Wildman–Crippen LogP) is 5.32. The molecule has 0 spiro atoms. The second-order valence-corrected chi connectivity index (χ2v) is 4.83. The molecule has 0 aliphatic carbocycles. The first-order valence-corrected chi connectivity index (χ1v) is 6.46. The van der Waals surface area contributed by atoms with E-state index >= 15 is 0 Å². The zero-order valence-electron chi connectivity index (χ0n) is 11.7. The molecule has 0 amide bonds. The number of rotatable bonds is 4. The maximum absolute atomic E-state index is 2.28. The Labute approximate surface area is 106 Å². The summed E-state index contributed by atoms with van der Waals surface area (Å²) in [5.41, 5.74) is 5.65. The standard InChI is InChI=1S/C17H24/c1-6-13(2)9-7-11-15(4)17-12-8-10-14(3)16(17)5/h7-12,15H,6H2,1-5H3/b11-7-,13-9-. The molecule has 0 fully saturated rings. The monoisotopic (exact) mass is 228 g/mol. The highest BCUT2D eigenvalue weighted by molar-refractivity contribution is 5.37. The number of benzene rings is 1. The van der Waals surface area contributed by atoms with E-state index < -0.39 is 0 Å². The Morgan fingerprint density at radius 1 is 1.29 bits per heavy atom. The lowest BCUT2D eigenvalue weighted by atomic mass is 9.93. The van der Waals surface area contributed by atoms with Gasteiger partial charge in [0.05, 0.1) is 0 Å². The molecule has 0 heteroatoms. The van der Waals surface area contributed by atoms with E-state index in [1.165, 1.54) is 22.3 Å². The van der Waals surface area contributed by atoms with E-state index in [0.29, 0.717) is 5.92 Å². The molecule has 1 unspecified atom stereocenters. The molecule has 0 aliphatic rings. The van der Waals surface area contributed by atoms with Crippen LogP contribution in [0.1, 0.15) is 49.8 Å². The molecule has 0 saturated heterocycles. The summed E-state index contributed by atoms with van der Waals surface area (Å²) in [5.74, 6) is 0.482. The normalized spacial score (nSPS) is 14.3. The van der Waals surface area contributed by atoms with E-state index in [1.54, 1.807) is 0 Å². The van der Waals surface area contributed by atoms with Gasteiger partial charge in [0.15, 0.2) is 0 Å². The van der Waals surface area contributed by atoms with Gasteiger partial charge in [-0.25, -0.2) is 0 Å². The molecule has 0 bridgehead atoms. The molecule has 1 atom stereocenters. The lowest BCUT2D eigenvalue weighted by Crippen LogP contribution is -1.95. The van der Waals surface area contributed by atoms with E-state index in [9.17, 15) is 0 Å². The van der Waals surface area contributed by atoms with Crippen LogP contribution in [0.3, 0.4) is 0 Å². The fourth-order valence-electron chi connectivity index (χ4n) is 1.88. The Hall–Kier alpha value is -1.30. The predicted molar refractivity (Wildman–Crippen MR) is 77.5 cm³/mol. The third kappa shape index (κ3) is 3.89. The summed E-state index contributed by atoms with van der Waals surface area (Å²) in [7, 11) is 0. The zero-order valence-corrected chi connectivity index (χ0v) is 11.7. The Morgan fingerprint density at radius 3 is 2.65 bits per heavy atom. The Morgan fingerprint density at radius 2 is 2.00 bits per heavy atom.